The molecule has 2 heterocycles. The number of halogens is 1. The third kappa shape index (κ3) is 1.78. The van der Waals surface area contributed by atoms with Crippen LogP contribution in [0.4, 0.5) is 5.69 Å². The number of hydrogen-bond donors (Lipinski definition) is 1. The van der Waals surface area contributed by atoms with Crippen LogP contribution in [0.15, 0.2) is 47.5 Å². The second-order valence-electron chi connectivity index (χ2n) is 3.72. The molecule has 0 saturated carbocycles. The molecule has 84 valence electrons. The molecule has 1 aromatic carbocycles. The molecule has 4 nitrogen and oxygen atoms in total. The SMILES string of the molecule is Nc1ccc2c(c1)ncn2-c1cncc(Br)c1. The number of benzene rings is 1. The van der Waals surface area contributed by atoms with Crippen LogP contribution >= 0.6 is 15.9 Å². The fraction of sp³-hybridized carbons (Fsp3) is 0. The number of imidazole rings is 1. The minimum absolute atomic E-state index is 0.718. The van der Waals surface area contributed by atoms with Crippen LogP contribution in [0.25, 0.3) is 16.7 Å². The Kier molecular flexibility index (Phi) is 2.33. The Labute approximate surface area is 106 Å². The summed E-state index contributed by atoms with van der Waals surface area (Å²) in [5, 5.41) is 0. The lowest BCUT2D eigenvalue weighted by Crippen LogP contribution is -1.93. The smallest absolute Gasteiger partial charge is 0.100 e. The van der Waals surface area contributed by atoms with E-state index in [1.54, 1.807) is 18.7 Å². The number of nitrogens with zero attached hydrogens (tertiary/aromatic N) is 3. The minimum Gasteiger partial charge on any atom is -0.399 e. The summed E-state index contributed by atoms with van der Waals surface area (Å²) in [6.45, 7) is 0. The summed E-state index contributed by atoms with van der Waals surface area (Å²) in [7, 11) is 0. The van der Waals surface area contributed by atoms with Gasteiger partial charge in [-0.25, -0.2) is 4.98 Å². The topological polar surface area (TPSA) is 56.7 Å². The monoisotopic (exact) mass is 288 g/mol. The highest BCUT2D eigenvalue weighted by Crippen LogP contribution is 2.21. The summed E-state index contributed by atoms with van der Waals surface area (Å²) in [5.74, 6) is 0. The van der Waals surface area contributed by atoms with Gasteiger partial charge in [0.25, 0.3) is 0 Å². The molecule has 0 radical (unpaired) electrons. The van der Waals surface area contributed by atoms with Crippen molar-refractivity contribution < 1.29 is 0 Å². The Morgan fingerprint density at radius 3 is 2.88 bits per heavy atom. The number of hydrogen-bond acceptors (Lipinski definition) is 3. The maximum Gasteiger partial charge on any atom is 0.100 e. The van der Waals surface area contributed by atoms with Gasteiger partial charge >= 0.3 is 0 Å². The van der Waals surface area contributed by atoms with Crippen molar-refractivity contribution in [3.63, 3.8) is 0 Å². The molecule has 0 atom stereocenters. The second kappa shape index (κ2) is 3.85. The minimum atomic E-state index is 0.718. The fourth-order valence-corrected chi connectivity index (χ4v) is 2.12. The van der Waals surface area contributed by atoms with Crippen molar-refractivity contribution in [2.24, 2.45) is 0 Å². The van der Waals surface area contributed by atoms with Crippen molar-refractivity contribution in [1.82, 2.24) is 14.5 Å². The predicted octanol–water partition coefficient (Wildman–Crippen LogP) is 2.77. The zero-order chi connectivity index (χ0) is 11.8. The van der Waals surface area contributed by atoms with E-state index in [1.165, 1.54) is 0 Å². The maximum absolute atomic E-state index is 5.73. The molecule has 0 amide bonds. The van der Waals surface area contributed by atoms with Gasteiger partial charge in [-0.1, -0.05) is 0 Å². The first-order chi connectivity index (χ1) is 8.24. The molecule has 0 bridgehead atoms. The van der Waals surface area contributed by atoms with Crippen LogP contribution < -0.4 is 5.73 Å². The quantitative estimate of drug-likeness (QED) is 0.701. The van der Waals surface area contributed by atoms with Gasteiger partial charge in [-0.3, -0.25) is 9.55 Å². The molecule has 3 rings (SSSR count). The molecule has 0 aliphatic carbocycles. The molecule has 2 N–H and O–H groups in total. The van der Waals surface area contributed by atoms with Crippen LogP contribution in [0.3, 0.4) is 0 Å². The number of nitrogen functional groups attached to an aromatic ring is 1. The lowest BCUT2D eigenvalue weighted by molar-refractivity contribution is 1.07. The largest absolute Gasteiger partial charge is 0.399 e. The molecule has 3 aromatic rings. The third-order valence-corrected chi connectivity index (χ3v) is 2.97. The molecule has 0 fully saturated rings. The van der Waals surface area contributed by atoms with Gasteiger partial charge in [0.1, 0.15) is 6.33 Å². The van der Waals surface area contributed by atoms with Crippen molar-refractivity contribution in [3.8, 4) is 5.69 Å². The Bertz CT molecular complexity index is 690. The molecule has 0 unspecified atom stereocenters. The second-order valence-corrected chi connectivity index (χ2v) is 4.64. The van der Waals surface area contributed by atoms with Crippen LogP contribution in [-0.4, -0.2) is 14.5 Å². The average molecular weight is 289 g/mol. The van der Waals surface area contributed by atoms with Crippen LogP contribution in [-0.2, 0) is 0 Å². The van der Waals surface area contributed by atoms with Gasteiger partial charge in [0.2, 0.25) is 0 Å². The number of fused-ring (bicyclic) bond motifs is 1. The van der Waals surface area contributed by atoms with Crippen LogP contribution in [0.5, 0.6) is 0 Å². The van der Waals surface area contributed by atoms with Gasteiger partial charge in [0.05, 0.1) is 22.9 Å². The molecule has 0 aliphatic heterocycles. The summed E-state index contributed by atoms with van der Waals surface area (Å²) in [4.78, 5) is 8.47. The summed E-state index contributed by atoms with van der Waals surface area (Å²) >= 11 is 3.41. The van der Waals surface area contributed by atoms with E-state index in [0.29, 0.717) is 0 Å². The lowest BCUT2D eigenvalue weighted by Gasteiger charge is -2.04. The Morgan fingerprint density at radius 2 is 2.06 bits per heavy atom. The highest BCUT2D eigenvalue weighted by Gasteiger charge is 2.05. The van der Waals surface area contributed by atoms with Gasteiger partial charge in [0.15, 0.2) is 0 Å². The van der Waals surface area contributed by atoms with Gasteiger partial charge < -0.3 is 5.73 Å². The molecule has 5 heteroatoms. The third-order valence-electron chi connectivity index (χ3n) is 2.54. The molecule has 0 saturated heterocycles. The standard InChI is InChI=1S/C12H9BrN4/c13-8-3-10(6-15-5-8)17-7-16-11-4-9(14)1-2-12(11)17/h1-7H,14H2. The fourth-order valence-electron chi connectivity index (χ4n) is 1.77. The van der Waals surface area contributed by atoms with Gasteiger partial charge in [-0.2, -0.15) is 0 Å². The van der Waals surface area contributed by atoms with Crippen LogP contribution in [0.2, 0.25) is 0 Å². The molecule has 2 aromatic heterocycles. The maximum atomic E-state index is 5.73. The Morgan fingerprint density at radius 1 is 1.18 bits per heavy atom. The number of anilines is 1. The highest BCUT2D eigenvalue weighted by molar-refractivity contribution is 9.10. The van der Waals surface area contributed by atoms with E-state index in [2.05, 4.69) is 25.9 Å². The van der Waals surface area contributed by atoms with E-state index >= 15 is 0 Å². The van der Waals surface area contributed by atoms with Crippen molar-refractivity contribution in [3.05, 3.63) is 47.5 Å². The van der Waals surface area contributed by atoms with Crippen LogP contribution in [0.1, 0.15) is 0 Å². The molecular weight excluding hydrogens is 280 g/mol. The first-order valence-electron chi connectivity index (χ1n) is 5.07. The van der Waals surface area contributed by atoms with E-state index in [0.717, 1.165) is 26.9 Å². The number of rotatable bonds is 1. The normalized spacial score (nSPS) is 10.9. The van der Waals surface area contributed by atoms with Crippen molar-refractivity contribution in [2.45, 2.75) is 0 Å². The number of aromatic nitrogens is 3. The Hall–Kier alpha value is -1.88. The zero-order valence-electron chi connectivity index (χ0n) is 8.84. The first kappa shape index (κ1) is 10.3. The van der Waals surface area contributed by atoms with E-state index in [9.17, 15) is 0 Å². The lowest BCUT2D eigenvalue weighted by atomic mass is 10.3. The number of nitrogens with two attached hydrogens (primary N) is 1. The average Bonchev–Trinajstić information content (AvgIpc) is 2.71. The van der Waals surface area contributed by atoms with E-state index in [-0.39, 0.29) is 0 Å². The summed E-state index contributed by atoms with van der Waals surface area (Å²) in [6.07, 6.45) is 5.32. The van der Waals surface area contributed by atoms with Crippen molar-refractivity contribution >= 4 is 32.7 Å². The zero-order valence-corrected chi connectivity index (χ0v) is 10.4. The summed E-state index contributed by atoms with van der Waals surface area (Å²) in [6, 6.07) is 7.67. The molecule has 0 spiro atoms. The van der Waals surface area contributed by atoms with Crippen molar-refractivity contribution in [1.29, 1.82) is 0 Å². The van der Waals surface area contributed by atoms with E-state index < -0.39 is 0 Å². The Balaban J connectivity index is 2.24. The van der Waals surface area contributed by atoms with E-state index in [1.807, 2.05) is 28.8 Å². The van der Waals surface area contributed by atoms with Gasteiger partial charge in [0, 0.05) is 16.4 Å². The molecule has 0 aliphatic rings. The first-order valence-corrected chi connectivity index (χ1v) is 5.87. The highest BCUT2D eigenvalue weighted by atomic mass is 79.9. The van der Waals surface area contributed by atoms with Gasteiger partial charge in [-0.15, -0.1) is 0 Å². The van der Waals surface area contributed by atoms with Crippen LogP contribution in [0, 0.1) is 0 Å². The van der Waals surface area contributed by atoms with E-state index in [4.69, 9.17) is 5.73 Å². The number of pyridine rings is 1. The van der Waals surface area contributed by atoms with Gasteiger partial charge in [-0.05, 0) is 40.2 Å². The predicted molar refractivity (Wildman–Crippen MR) is 71.0 cm³/mol. The summed E-state index contributed by atoms with van der Waals surface area (Å²) < 4.78 is 2.92. The summed E-state index contributed by atoms with van der Waals surface area (Å²) in [5.41, 5.74) is 9.30. The molecular formula is C12H9BrN4. The van der Waals surface area contributed by atoms with Crippen molar-refractivity contribution in [2.75, 3.05) is 5.73 Å². The molecule has 17 heavy (non-hydrogen) atoms.